The number of carbonyl (C=O) groups excluding carboxylic acids is 1. The molecular formula is C32H31BrN3O3P. The average Bonchev–Trinajstić information content (AvgIpc) is 2.98. The first-order chi connectivity index (χ1) is 19.1. The van der Waals surface area contributed by atoms with Gasteiger partial charge in [0, 0.05) is 6.42 Å². The summed E-state index contributed by atoms with van der Waals surface area (Å²) in [5.74, 6) is -0.169. The number of hydrogen-bond acceptors (Lipinski definition) is 3. The van der Waals surface area contributed by atoms with Crippen molar-refractivity contribution in [2.45, 2.75) is 25.7 Å². The van der Waals surface area contributed by atoms with Crippen molar-refractivity contribution in [1.29, 1.82) is 0 Å². The van der Waals surface area contributed by atoms with Gasteiger partial charge in [0.15, 0.2) is 0 Å². The molecule has 0 fully saturated rings. The fourth-order valence-electron chi connectivity index (χ4n) is 5.24. The van der Waals surface area contributed by atoms with E-state index in [2.05, 4.69) is 107 Å². The molecule has 40 heavy (non-hydrogen) atoms. The van der Waals surface area contributed by atoms with Crippen LogP contribution in [-0.4, -0.2) is 22.3 Å². The number of aromatic nitrogens is 2. The molecule has 0 bridgehead atoms. The second kappa shape index (κ2) is 13.5. The molecule has 0 radical (unpaired) electrons. The zero-order chi connectivity index (χ0) is 27.1. The van der Waals surface area contributed by atoms with E-state index >= 15 is 0 Å². The maximum atomic E-state index is 12.8. The lowest BCUT2D eigenvalue weighted by molar-refractivity contribution is -0.116. The van der Waals surface area contributed by atoms with Gasteiger partial charge in [0.1, 0.15) is 23.2 Å². The summed E-state index contributed by atoms with van der Waals surface area (Å²) in [5, 5.41) is 12.0. The quantitative estimate of drug-likeness (QED) is 0.165. The van der Waals surface area contributed by atoms with Gasteiger partial charge in [-0.2, -0.15) is 0 Å². The van der Waals surface area contributed by atoms with Crippen LogP contribution in [-0.2, 0) is 4.79 Å². The predicted octanol–water partition coefficient (Wildman–Crippen LogP) is 1.71. The topological polar surface area (TPSA) is 94.8 Å². The van der Waals surface area contributed by atoms with E-state index in [4.69, 9.17) is 0 Å². The molecule has 1 amide bonds. The molecule has 5 rings (SSSR count). The number of halogens is 1. The molecule has 5 aromatic rings. The van der Waals surface area contributed by atoms with Crippen molar-refractivity contribution >= 4 is 45.5 Å². The van der Waals surface area contributed by atoms with Gasteiger partial charge in [-0.05, 0) is 67.8 Å². The van der Waals surface area contributed by atoms with E-state index in [-0.39, 0.29) is 33.7 Å². The van der Waals surface area contributed by atoms with Crippen LogP contribution in [0, 0.1) is 0 Å². The second-order valence-corrected chi connectivity index (χ2v) is 13.2. The summed E-state index contributed by atoms with van der Waals surface area (Å²) in [6.45, 7) is 0. The number of unbranched alkanes of at least 4 members (excludes halogenated alkanes) is 2. The Balaban J connectivity index is 0.00000370. The molecule has 6 nitrogen and oxygen atoms in total. The summed E-state index contributed by atoms with van der Waals surface area (Å²) >= 11 is 0. The molecule has 0 atom stereocenters. The van der Waals surface area contributed by atoms with E-state index in [9.17, 15) is 14.4 Å². The number of amides is 1. The molecule has 0 saturated carbocycles. The summed E-state index contributed by atoms with van der Waals surface area (Å²) < 4.78 is 0. The lowest BCUT2D eigenvalue weighted by atomic mass is 10.1. The van der Waals surface area contributed by atoms with Gasteiger partial charge in [0.25, 0.3) is 11.1 Å². The molecule has 0 aliphatic carbocycles. The maximum absolute atomic E-state index is 12.8. The highest BCUT2D eigenvalue weighted by molar-refractivity contribution is 7.95. The molecule has 204 valence electrons. The van der Waals surface area contributed by atoms with Crippen molar-refractivity contribution < 1.29 is 21.8 Å². The van der Waals surface area contributed by atoms with Crippen molar-refractivity contribution in [1.82, 2.24) is 10.2 Å². The number of fused-ring (bicyclic) bond motifs is 1. The van der Waals surface area contributed by atoms with E-state index in [1.54, 1.807) is 18.2 Å². The van der Waals surface area contributed by atoms with Crippen LogP contribution in [0.2, 0.25) is 0 Å². The first kappa shape index (κ1) is 29.2. The highest BCUT2D eigenvalue weighted by Crippen LogP contribution is 2.56. The van der Waals surface area contributed by atoms with E-state index in [0.29, 0.717) is 12.1 Å². The molecular weight excluding hydrogens is 585 g/mol. The number of hydrogen-bond donors (Lipinski definition) is 3. The number of aromatic amines is 2. The van der Waals surface area contributed by atoms with Crippen molar-refractivity contribution in [3.63, 3.8) is 0 Å². The van der Waals surface area contributed by atoms with Gasteiger partial charge in [-0.25, -0.2) is 0 Å². The third kappa shape index (κ3) is 6.16. The average molecular weight is 616 g/mol. The summed E-state index contributed by atoms with van der Waals surface area (Å²) in [5.41, 5.74) is -0.488. The van der Waals surface area contributed by atoms with Crippen molar-refractivity contribution in [2.24, 2.45) is 0 Å². The van der Waals surface area contributed by atoms with E-state index in [0.717, 1.165) is 25.4 Å². The third-order valence-corrected chi connectivity index (χ3v) is 11.6. The van der Waals surface area contributed by atoms with Gasteiger partial charge < -0.3 is 22.3 Å². The van der Waals surface area contributed by atoms with Gasteiger partial charge in [0.2, 0.25) is 5.91 Å². The molecule has 0 saturated heterocycles. The number of carbonyl (C=O) groups is 1. The minimum absolute atomic E-state index is 0. The third-order valence-electron chi connectivity index (χ3n) is 7.09. The van der Waals surface area contributed by atoms with Crippen molar-refractivity contribution in [2.75, 3.05) is 11.5 Å². The van der Waals surface area contributed by atoms with Crippen molar-refractivity contribution in [3.05, 3.63) is 130 Å². The Hall–Kier alpha value is -3.80. The number of rotatable bonds is 10. The van der Waals surface area contributed by atoms with Crippen LogP contribution in [0.4, 0.5) is 5.69 Å². The standard InChI is InChI=1S/C32H30N3O3P.BrH/c36-29(33-28-21-13-20-27-30(28)32(38)35-34-31(27)37)22-11-4-12-23-39(24-14-5-1-6-15-24,25-16-7-2-8-17-25)26-18-9-3-10-19-26;/h1-3,5-10,13-21H,4,11-12,22-23H2,(H2-,33,34,35,36,37,38);1H. The Kier molecular flexibility index (Phi) is 9.86. The Morgan fingerprint density at radius 1 is 0.625 bits per heavy atom. The molecule has 0 aliphatic heterocycles. The summed E-state index contributed by atoms with van der Waals surface area (Å²) in [6.07, 6.45) is 3.95. The Labute approximate surface area is 244 Å². The van der Waals surface area contributed by atoms with Crippen molar-refractivity contribution in [3.8, 4) is 0 Å². The molecule has 0 unspecified atom stereocenters. The van der Waals surface area contributed by atoms with E-state index in [1.807, 2.05) is 0 Å². The fourth-order valence-corrected chi connectivity index (χ4v) is 9.65. The minimum atomic E-state index is -1.88. The largest absolute Gasteiger partial charge is 1.00 e. The highest BCUT2D eigenvalue weighted by atomic mass is 79.9. The summed E-state index contributed by atoms with van der Waals surface area (Å²) in [7, 11) is -1.88. The number of nitrogens with one attached hydrogen (secondary N) is 3. The SMILES string of the molecule is O=C(CCCCC[P+](c1ccccc1)(c1ccccc1)c1ccccc1)Nc1cccc2c(=O)[nH][nH]c(=O)c12.[Br-]. The smallest absolute Gasteiger partial charge is 0.272 e. The summed E-state index contributed by atoms with van der Waals surface area (Å²) in [4.78, 5) is 37.1. The highest BCUT2D eigenvalue weighted by Gasteiger charge is 2.44. The van der Waals surface area contributed by atoms with E-state index in [1.165, 1.54) is 15.9 Å². The lowest BCUT2D eigenvalue weighted by Gasteiger charge is -2.27. The number of benzene rings is 4. The van der Waals surface area contributed by atoms with E-state index < -0.39 is 18.4 Å². The van der Waals surface area contributed by atoms with Crippen LogP contribution < -0.4 is 49.3 Å². The van der Waals surface area contributed by atoms with Gasteiger partial charge >= 0.3 is 0 Å². The maximum Gasteiger partial charge on any atom is 0.272 e. The normalized spacial score (nSPS) is 11.1. The second-order valence-electron chi connectivity index (χ2n) is 9.54. The van der Waals surface area contributed by atoms with Gasteiger partial charge in [0.05, 0.1) is 22.6 Å². The first-order valence-corrected chi connectivity index (χ1v) is 15.2. The monoisotopic (exact) mass is 615 g/mol. The van der Waals surface area contributed by atoms with Gasteiger partial charge in [-0.3, -0.25) is 24.6 Å². The molecule has 0 aliphatic rings. The molecule has 4 aromatic carbocycles. The predicted molar refractivity (Wildman–Crippen MR) is 162 cm³/mol. The Morgan fingerprint density at radius 3 is 1.70 bits per heavy atom. The number of H-pyrrole nitrogens is 2. The molecule has 1 aromatic heterocycles. The fraction of sp³-hybridized carbons (Fsp3) is 0.156. The van der Waals surface area contributed by atoms with Crippen LogP contribution in [0.15, 0.2) is 119 Å². The lowest BCUT2D eigenvalue weighted by Crippen LogP contribution is -3.00. The Morgan fingerprint density at radius 2 is 1.15 bits per heavy atom. The molecule has 1 heterocycles. The van der Waals surface area contributed by atoms with Gasteiger partial charge in [-0.1, -0.05) is 60.7 Å². The van der Waals surface area contributed by atoms with Crippen LogP contribution in [0.5, 0.6) is 0 Å². The van der Waals surface area contributed by atoms with Crippen LogP contribution >= 0.6 is 7.26 Å². The first-order valence-electron chi connectivity index (χ1n) is 13.2. The molecule has 0 spiro atoms. The van der Waals surface area contributed by atoms with Crippen LogP contribution in [0.1, 0.15) is 25.7 Å². The summed E-state index contributed by atoms with van der Waals surface area (Å²) in [6, 6.07) is 37.3. The Bertz CT molecular complexity index is 1580. The molecule has 8 heteroatoms. The number of anilines is 1. The molecule has 3 N–H and O–H groups in total. The van der Waals surface area contributed by atoms with Gasteiger partial charge in [-0.15, -0.1) is 0 Å². The van der Waals surface area contributed by atoms with Crippen LogP contribution in [0.3, 0.4) is 0 Å². The zero-order valence-corrected chi connectivity index (χ0v) is 24.5. The zero-order valence-electron chi connectivity index (χ0n) is 22.0. The van der Waals surface area contributed by atoms with Crippen LogP contribution in [0.25, 0.3) is 10.8 Å². The minimum Gasteiger partial charge on any atom is -1.00 e.